The molecule has 0 aliphatic heterocycles. The first-order valence-corrected chi connectivity index (χ1v) is 6.45. The van der Waals surface area contributed by atoms with Crippen molar-refractivity contribution in [3.63, 3.8) is 0 Å². The maximum absolute atomic E-state index is 12.6. The molecule has 0 aliphatic carbocycles. The van der Waals surface area contributed by atoms with Crippen LogP contribution in [0.15, 0.2) is 29.2 Å². The van der Waals surface area contributed by atoms with E-state index in [0.29, 0.717) is 13.8 Å². The van der Waals surface area contributed by atoms with Gasteiger partial charge in [0.2, 0.25) is 0 Å². The molecule has 0 saturated heterocycles. The number of aryl methyl sites for hydroxylation is 1. The molecule has 102 valence electrons. The van der Waals surface area contributed by atoms with Crippen LogP contribution in [0, 0.1) is 6.92 Å². The van der Waals surface area contributed by atoms with Gasteiger partial charge < -0.3 is 0 Å². The molecule has 0 bridgehead atoms. The predicted molar refractivity (Wildman–Crippen MR) is 59.6 cm³/mol. The Kier molecular flexibility index (Phi) is 3.78. The third-order valence-corrected chi connectivity index (χ3v) is 3.80. The molecule has 0 radical (unpaired) electrons. The zero-order valence-electron chi connectivity index (χ0n) is 10.1. The van der Waals surface area contributed by atoms with E-state index >= 15 is 0 Å². The van der Waals surface area contributed by atoms with Gasteiger partial charge in [0.1, 0.15) is 0 Å². The summed E-state index contributed by atoms with van der Waals surface area (Å²) in [7, 11) is -4.44. The molecule has 0 aromatic heterocycles. The highest BCUT2D eigenvalue weighted by atomic mass is 32.2. The summed E-state index contributed by atoms with van der Waals surface area (Å²) in [6, 6.07) is 5.38. The first-order chi connectivity index (χ1) is 7.96. The zero-order chi connectivity index (χ0) is 14.2. The lowest BCUT2D eigenvalue weighted by Gasteiger charge is -2.26. The van der Waals surface area contributed by atoms with E-state index in [1.54, 1.807) is 6.92 Å². The fraction of sp³-hybridized carbons (Fsp3) is 0.455. The Balaban J connectivity index is 3.07. The lowest BCUT2D eigenvalue weighted by Crippen LogP contribution is -2.43. The number of benzene rings is 1. The van der Waals surface area contributed by atoms with Crippen LogP contribution in [-0.2, 0) is 14.3 Å². The largest absolute Gasteiger partial charge is 0.418 e. The maximum Gasteiger partial charge on any atom is 0.418 e. The summed E-state index contributed by atoms with van der Waals surface area (Å²) in [6.45, 7) is 3.06. The molecule has 1 aromatic carbocycles. The summed E-state index contributed by atoms with van der Waals surface area (Å²) in [5, 5.41) is 0. The van der Waals surface area contributed by atoms with Crippen LogP contribution in [0.4, 0.5) is 13.2 Å². The van der Waals surface area contributed by atoms with Crippen LogP contribution in [0.1, 0.15) is 19.4 Å². The predicted octanol–water partition coefficient (Wildman–Crippen LogP) is 3.04. The van der Waals surface area contributed by atoms with Crippen LogP contribution >= 0.6 is 0 Å². The van der Waals surface area contributed by atoms with Crippen molar-refractivity contribution in [1.82, 2.24) is 0 Å². The molecule has 18 heavy (non-hydrogen) atoms. The van der Waals surface area contributed by atoms with Crippen molar-refractivity contribution in [2.24, 2.45) is 0 Å². The van der Waals surface area contributed by atoms with E-state index in [-0.39, 0.29) is 4.90 Å². The van der Waals surface area contributed by atoms with Crippen LogP contribution in [0.3, 0.4) is 0 Å². The van der Waals surface area contributed by atoms with Crippen LogP contribution in [0.5, 0.6) is 0 Å². The number of halogens is 3. The Bertz CT molecular complexity index is 515. The second kappa shape index (κ2) is 4.55. The Morgan fingerprint density at radius 2 is 1.50 bits per heavy atom. The van der Waals surface area contributed by atoms with Crippen LogP contribution in [0.25, 0.3) is 0 Å². The van der Waals surface area contributed by atoms with Crippen molar-refractivity contribution in [2.75, 3.05) is 0 Å². The van der Waals surface area contributed by atoms with Crippen molar-refractivity contribution >= 4 is 10.1 Å². The molecule has 0 saturated carbocycles. The molecule has 1 aromatic rings. The second-order valence-electron chi connectivity index (χ2n) is 4.36. The molecular formula is C11H13F3O3S. The van der Waals surface area contributed by atoms with Gasteiger partial charge in [0.05, 0.1) is 4.90 Å². The van der Waals surface area contributed by atoms with Crippen molar-refractivity contribution in [2.45, 2.75) is 37.4 Å². The van der Waals surface area contributed by atoms with E-state index in [9.17, 15) is 21.6 Å². The molecule has 3 nitrogen and oxygen atoms in total. The summed E-state index contributed by atoms with van der Waals surface area (Å²) in [6.07, 6.45) is -4.77. The van der Waals surface area contributed by atoms with E-state index in [1.165, 1.54) is 24.3 Å². The molecule has 0 heterocycles. The standard InChI is InChI=1S/C11H13F3O3S/c1-8-4-6-9(7-5-8)18(15,16)17-10(2,3)11(12,13)14/h4-7H,1-3H3. The SMILES string of the molecule is Cc1ccc(S(=O)(=O)OC(C)(C)C(F)(F)F)cc1. The van der Waals surface area contributed by atoms with E-state index in [4.69, 9.17) is 0 Å². The topological polar surface area (TPSA) is 43.4 Å². The summed E-state index contributed by atoms with van der Waals surface area (Å²) in [4.78, 5) is -0.301. The van der Waals surface area contributed by atoms with Crippen molar-refractivity contribution in [1.29, 1.82) is 0 Å². The molecule has 0 spiro atoms. The minimum absolute atomic E-state index is 0.301. The number of hydrogen-bond acceptors (Lipinski definition) is 3. The lowest BCUT2D eigenvalue weighted by molar-refractivity contribution is -0.233. The second-order valence-corrected chi connectivity index (χ2v) is 5.90. The highest BCUT2D eigenvalue weighted by molar-refractivity contribution is 7.86. The fourth-order valence-corrected chi connectivity index (χ4v) is 2.28. The highest BCUT2D eigenvalue weighted by Gasteiger charge is 2.51. The molecular weight excluding hydrogens is 269 g/mol. The normalized spacial score (nSPS) is 13.7. The van der Waals surface area contributed by atoms with Crippen LogP contribution in [0.2, 0.25) is 0 Å². The average Bonchev–Trinajstić information content (AvgIpc) is 2.14. The number of alkyl halides is 3. The first kappa shape index (κ1) is 15.0. The van der Waals surface area contributed by atoms with Gasteiger partial charge in [-0.15, -0.1) is 0 Å². The van der Waals surface area contributed by atoms with Gasteiger partial charge in [0.25, 0.3) is 10.1 Å². The molecule has 0 N–H and O–H groups in total. The maximum atomic E-state index is 12.6. The molecule has 0 aliphatic rings. The average molecular weight is 282 g/mol. The summed E-state index contributed by atoms with van der Waals surface area (Å²) in [5.41, 5.74) is -1.97. The minimum Gasteiger partial charge on any atom is -0.251 e. The zero-order valence-corrected chi connectivity index (χ0v) is 10.9. The Morgan fingerprint density at radius 3 is 1.89 bits per heavy atom. The van der Waals surface area contributed by atoms with Crippen molar-refractivity contribution < 1.29 is 25.8 Å². The van der Waals surface area contributed by atoms with E-state index < -0.39 is 21.9 Å². The third-order valence-electron chi connectivity index (χ3n) is 2.31. The van der Waals surface area contributed by atoms with Gasteiger partial charge in [-0.3, -0.25) is 4.18 Å². The van der Waals surface area contributed by atoms with Crippen molar-refractivity contribution in [3.8, 4) is 0 Å². The molecule has 7 heteroatoms. The molecule has 1 rings (SSSR count). The number of hydrogen-bond donors (Lipinski definition) is 0. The van der Waals surface area contributed by atoms with E-state index in [2.05, 4.69) is 4.18 Å². The van der Waals surface area contributed by atoms with Gasteiger partial charge in [-0.25, -0.2) is 0 Å². The molecule has 0 fully saturated rings. The van der Waals surface area contributed by atoms with Gasteiger partial charge in [-0.2, -0.15) is 21.6 Å². The quantitative estimate of drug-likeness (QED) is 0.800. The summed E-state index contributed by atoms with van der Waals surface area (Å²) >= 11 is 0. The van der Waals surface area contributed by atoms with Gasteiger partial charge in [0, 0.05) is 0 Å². The van der Waals surface area contributed by atoms with E-state index in [0.717, 1.165) is 5.56 Å². The smallest absolute Gasteiger partial charge is 0.251 e. The highest BCUT2D eigenvalue weighted by Crippen LogP contribution is 2.35. The van der Waals surface area contributed by atoms with Crippen molar-refractivity contribution in [3.05, 3.63) is 29.8 Å². The summed E-state index contributed by atoms with van der Waals surface area (Å²) in [5.74, 6) is 0. The van der Waals surface area contributed by atoms with Gasteiger partial charge >= 0.3 is 6.18 Å². The van der Waals surface area contributed by atoms with E-state index in [1.807, 2.05) is 0 Å². The number of rotatable bonds is 3. The fourth-order valence-electron chi connectivity index (χ4n) is 1.07. The Labute approximate surface area is 104 Å². The lowest BCUT2D eigenvalue weighted by atomic mass is 10.1. The van der Waals surface area contributed by atoms with Gasteiger partial charge in [-0.05, 0) is 32.9 Å². The Hall–Kier alpha value is -1.08. The third kappa shape index (κ3) is 3.23. The van der Waals surface area contributed by atoms with Gasteiger partial charge in [-0.1, -0.05) is 17.7 Å². The van der Waals surface area contributed by atoms with Crippen LogP contribution < -0.4 is 0 Å². The van der Waals surface area contributed by atoms with Crippen LogP contribution in [-0.4, -0.2) is 20.2 Å². The van der Waals surface area contributed by atoms with Gasteiger partial charge in [0.15, 0.2) is 5.60 Å². The first-order valence-electron chi connectivity index (χ1n) is 5.05. The summed E-state index contributed by atoms with van der Waals surface area (Å²) < 4.78 is 65.3. The Morgan fingerprint density at radius 1 is 1.06 bits per heavy atom. The minimum atomic E-state index is -4.77. The molecule has 0 unspecified atom stereocenters. The molecule has 0 atom stereocenters. The molecule has 0 amide bonds. The monoisotopic (exact) mass is 282 g/mol.